The van der Waals surface area contributed by atoms with Crippen molar-refractivity contribution in [3.63, 3.8) is 0 Å². The molecule has 0 atom stereocenters. The van der Waals surface area contributed by atoms with Gasteiger partial charge in [0.25, 0.3) is 10.0 Å². The lowest BCUT2D eigenvalue weighted by Gasteiger charge is -2.06. The summed E-state index contributed by atoms with van der Waals surface area (Å²) in [6.07, 6.45) is 4.04. The second kappa shape index (κ2) is 5.68. The predicted molar refractivity (Wildman–Crippen MR) is 72.1 cm³/mol. The molecule has 0 saturated carbocycles. The number of nitrogens with one attached hydrogen (secondary N) is 1. The van der Waals surface area contributed by atoms with Crippen LogP contribution in [0.2, 0.25) is 0 Å². The van der Waals surface area contributed by atoms with Crippen LogP contribution in [0.3, 0.4) is 0 Å². The topological polar surface area (TPSA) is 97.1 Å². The molecule has 2 N–H and O–H groups in total. The van der Waals surface area contributed by atoms with E-state index >= 15 is 0 Å². The van der Waals surface area contributed by atoms with Gasteiger partial charge in [0, 0.05) is 12.4 Å². The van der Waals surface area contributed by atoms with E-state index in [4.69, 9.17) is 5.11 Å². The van der Waals surface area contributed by atoms with Crippen LogP contribution in [-0.2, 0) is 16.6 Å². The molecule has 7 nitrogen and oxygen atoms in total. The number of hydrogen-bond acceptors (Lipinski definition) is 5. The highest BCUT2D eigenvalue weighted by atomic mass is 79.9. The van der Waals surface area contributed by atoms with Gasteiger partial charge in [-0.2, -0.15) is 5.10 Å². The number of sulfonamides is 1. The minimum atomic E-state index is -3.74. The van der Waals surface area contributed by atoms with Crippen molar-refractivity contribution in [3.8, 4) is 0 Å². The van der Waals surface area contributed by atoms with Crippen molar-refractivity contribution >= 4 is 31.8 Å². The van der Waals surface area contributed by atoms with Crippen LogP contribution in [0.25, 0.3) is 0 Å². The van der Waals surface area contributed by atoms with Crippen LogP contribution < -0.4 is 4.72 Å². The van der Waals surface area contributed by atoms with E-state index in [0.29, 0.717) is 4.47 Å². The molecule has 2 heterocycles. The van der Waals surface area contributed by atoms with Gasteiger partial charge in [-0.3, -0.25) is 9.40 Å². The highest BCUT2D eigenvalue weighted by Gasteiger charge is 2.18. The van der Waals surface area contributed by atoms with Crippen LogP contribution in [0.4, 0.5) is 5.82 Å². The summed E-state index contributed by atoms with van der Waals surface area (Å²) in [5.41, 5.74) is 0. The van der Waals surface area contributed by atoms with Gasteiger partial charge in [0.15, 0.2) is 5.82 Å². The molecule has 0 bridgehead atoms. The molecule has 2 rings (SSSR count). The first kappa shape index (κ1) is 14.0. The Labute approximate surface area is 118 Å². The Kier molecular flexibility index (Phi) is 4.17. The largest absolute Gasteiger partial charge is 0.394 e. The van der Waals surface area contributed by atoms with E-state index in [-0.39, 0.29) is 23.9 Å². The molecule has 0 spiro atoms. The van der Waals surface area contributed by atoms with E-state index in [1.54, 1.807) is 12.1 Å². The maximum absolute atomic E-state index is 12.1. The average molecular weight is 347 g/mol. The highest BCUT2D eigenvalue weighted by molar-refractivity contribution is 9.10. The zero-order chi connectivity index (χ0) is 13.9. The Balaban J connectivity index is 2.25. The summed E-state index contributed by atoms with van der Waals surface area (Å²) in [5.74, 6) is 0.206. The molecule has 0 aliphatic rings. The van der Waals surface area contributed by atoms with E-state index in [9.17, 15) is 8.42 Å². The molecule has 0 saturated heterocycles. The Morgan fingerprint density at radius 2 is 2.26 bits per heavy atom. The monoisotopic (exact) mass is 346 g/mol. The fraction of sp³-hybridized carbons (Fsp3) is 0.200. The van der Waals surface area contributed by atoms with Crippen molar-refractivity contribution in [2.75, 3.05) is 11.3 Å². The number of anilines is 1. The molecule has 0 fully saturated rings. The van der Waals surface area contributed by atoms with E-state index in [1.807, 2.05) is 0 Å². The van der Waals surface area contributed by atoms with Crippen molar-refractivity contribution in [1.82, 2.24) is 14.8 Å². The summed E-state index contributed by atoms with van der Waals surface area (Å²) in [5, 5.41) is 12.6. The molecule has 2 aromatic heterocycles. The Hall–Kier alpha value is -1.45. The zero-order valence-electron chi connectivity index (χ0n) is 9.69. The van der Waals surface area contributed by atoms with E-state index < -0.39 is 10.0 Å². The predicted octanol–water partition coefficient (Wildman–Crippen LogP) is 0.834. The molecule has 102 valence electrons. The van der Waals surface area contributed by atoms with Gasteiger partial charge >= 0.3 is 0 Å². The third-order valence-corrected chi connectivity index (χ3v) is 4.17. The highest BCUT2D eigenvalue weighted by Crippen LogP contribution is 2.21. The van der Waals surface area contributed by atoms with Crippen molar-refractivity contribution in [2.45, 2.75) is 11.4 Å². The molecule has 0 amide bonds. The SMILES string of the molecule is O=S(=O)(Nc1ncccc1Br)c1cnn(CCO)c1. The molecule has 0 unspecified atom stereocenters. The Bertz CT molecular complexity index is 671. The third-order valence-electron chi connectivity index (χ3n) is 2.24. The van der Waals surface area contributed by atoms with Gasteiger partial charge < -0.3 is 5.11 Å². The lowest BCUT2D eigenvalue weighted by atomic mass is 10.5. The molecule has 0 aliphatic heterocycles. The van der Waals surface area contributed by atoms with Crippen LogP contribution >= 0.6 is 15.9 Å². The molecule has 0 aromatic carbocycles. The van der Waals surface area contributed by atoms with Gasteiger partial charge in [0.05, 0.1) is 23.8 Å². The summed E-state index contributed by atoms with van der Waals surface area (Å²) in [7, 11) is -3.74. The van der Waals surface area contributed by atoms with Crippen LogP contribution in [0.1, 0.15) is 0 Å². The first-order valence-electron chi connectivity index (χ1n) is 5.29. The number of hydrogen-bond donors (Lipinski definition) is 2. The summed E-state index contributed by atoms with van der Waals surface area (Å²) in [6, 6.07) is 3.36. The van der Waals surface area contributed by atoms with Gasteiger partial charge in [-0.1, -0.05) is 0 Å². The van der Waals surface area contributed by atoms with Gasteiger partial charge in [-0.25, -0.2) is 13.4 Å². The summed E-state index contributed by atoms with van der Waals surface area (Å²) < 4.78 is 28.4. The maximum Gasteiger partial charge on any atom is 0.266 e. The quantitative estimate of drug-likeness (QED) is 0.835. The minimum absolute atomic E-state index is 0.0125. The minimum Gasteiger partial charge on any atom is -0.394 e. The van der Waals surface area contributed by atoms with E-state index in [1.165, 1.54) is 23.3 Å². The van der Waals surface area contributed by atoms with Crippen molar-refractivity contribution in [2.24, 2.45) is 0 Å². The molecule has 0 aliphatic carbocycles. The number of halogens is 1. The number of aliphatic hydroxyl groups excluding tert-OH is 1. The Morgan fingerprint density at radius 3 is 2.95 bits per heavy atom. The van der Waals surface area contributed by atoms with Crippen LogP contribution in [0.15, 0.2) is 40.1 Å². The normalized spacial score (nSPS) is 11.5. The number of rotatable bonds is 5. The lowest BCUT2D eigenvalue weighted by Crippen LogP contribution is -2.13. The number of nitrogens with zero attached hydrogens (tertiary/aromatic N) is 3. The number of aromatic nitrogens is 3. The van der Waals surface area contributed by atoms with Crippen molar-refractivity contribution < 1.29 is 13.5 Å². The molecular formula is C10H11BrN4O3S. The second-order valence-corrected chi connectivity index (χ2v) is 6.14. The number of aliphatic hydroxyl groups is 1. The average Bonchev–Trinajstić information content (AvgIpc) is 2.82. The third kappa shape index (κ3) is 3.31. The Morgan fingerprint density at radius 1 is 1.47 bits per heavy atom. The van der Waals surface area contributed by atoms with Crippen LogP contribution in [0, 0.1) is 0 Å². The fourth-order valence-electron chi connectivity index (χ4n) is 1.36. The first-order valence-corrected chi connectivity index (χ1v) is 7.57. The van der Waals surface area contributed by atoms with Gasteiger partial charge in [-0.15, -0.1) is 0 Å². The molecule has 19 heavy (non-hydrogen) atoms. The lowest BCUT2D eigenvalue weighted by molar-refractivity contribution is 0.269. The maximum atomic E-state index is 12.1. The zero-order valence-corrected chi connectivity index (χ0v) is 12.1. The summed E-state index contributed by atoms with van der Waals surface area (Å²) in [6.45, 7) is 0.128. The van der Waals surface area contributed by atoms with Gasteiger partial charge in [0.1, 0.15) is 4.90 Å². The second-order valence-electron chi connectivity index (χ2n) is 3.60. The van der Waals surface area contributed by atoms with E-state index in [0.717, 1.165) is 0 Å². The van der Waals surface area contributed by atoms with Crippen molar-refractivity contribution in [3.05, 3.63) is 35.2 Å². The van der Waals surface area contributed by atoms with Gasteiger partial charge in [-0.05, 0) is 28.1 Å². The van der Waals surface area contributed by atoms with E-state index in [2.05, 4.69) is 30.7 Å². The summed E-state index contributed by atoms with van der Waals surface area (Å²) in [4.78, 5) is 3.94. The molecule has 2 aromatic rings. The van der Waals surface area contributed by atoms with Crippen molar-refractivity contribution in [1.29, 1.82) is 0 Å². The number of pyridine rings is 1. The standard InChI is InChI=1S/C10H11BrN4O3S/c11-9-2-1-3-12-10(9)14-19(17,18)8-6-13-15(7-8)4-5-16/h1-3,6-7,16H,4-5H2,(H,12,14). The van der Waals surface area contributed by atoms with Crippen LogP contribution in [0.5, 0.6) is 0 Å². The molecular weight excluding hydrogens is 336 g/mol. The van der Waals surface area contributed by atoms with Crippen LogP contribution in [-0.4, -0.2) is 34.9 Å². The summed E-state index contributed by atoms with van der Waals surface area (Å²) >= 11 is 3.21. The molecule has 9 heteroatoms. The smallest absolute Gasteiger partial charge is 0.266 e. The fourth-order valence-corrected chi connectivity index (χ4v) is 2.82. The first-order chi connectivity index (χ1) is 9.03. The molecule has 0 radical (unpaired) electrons. The van der Waals surface area contributed by atoms with Gasteiger partial charge in [0.2, 0.25) is 0 Å².